The zero-order valence-corrected chi connectivity index (χ0v) is 12.2. The summed E-state index contributed by atoms with van der Waals surface area (Å²) >= 11 is 0. The highest BCUT2D eigenvalue weighted by Gasteiger charge is 2.54. The summed E-state index contributed by atoms with van der Waals surface area (Å²) in [6.07, 6.45) is 7.55. The molecule has 2 heteroatoms. The number of aliphatic hydroxyl groups is 1. The topological polar surface area (TPSA) is 29.5 Å². The molecule has 4 saturated carbocycles. The molecule has 5 rings (SSSR count). The van der Waals surface area contributed by atoms with E-state index in [0.29, 0.717) is 0 Å². The van der Waals surface area contributed by atoms with E-state index in [2.05, 4.69) is 0 Å². The van der Waals surface area contributed by atoms with Crippen LogP contribution in [0.2, 0.25) is 0 Å². The summed E-state index contributed by atoms with van der Waals surface area (Å²) in [5.41, 5.74) is 1.13. The molecule has 0 amide bonds. The minimum absolute atomic E-state index is 0.128. The van der Waals surface area contributed by atoms with Crippen molar-refractivity contribution in [3.8, 4) is 5.75 Å². The fourth-order valence-corrected chi connectivity index (χ4v) is 5.73. The molecule has 0 heterocycles. The lowest BCUT2D eigenvalue weighted by Gasteiger charge is -2.58. The highest BCUT2D eigenvalue weighted by Crippen LogP contribution is 2.64. The van der Waals surface area contributed by atoms with Gasteiger partial charge in [-0.1, -0.05) is 18.2 Å². The first kappa shape index (κ1) is 12.7. The Morgan fingerprint density at radius 3 is 2.15 bits per heavy atom. The molecule has 1 unspecified atom stereocenters. The first-order chi connectivity index (χ1) is 9.70. The zero-order valence-electron chi connectivity index (χ0n) is 12.2. The molecule has 4 fully saturated rings. The van der Waals surface area contributed by atoms with Gasteiger partial charge in [0.15, 0.2) is 0 Å². The minimum atomic E-state index is -0.355. The maximum atomic E-state index is 11.1. The molecule has 1 aromatic carbocycles. The Labute approximate surface area is 121 Å². The van der Waals surface area contributed by atoms with Gasteiger partial charge in [-0.25, -0.2) is 0 Å². The average Bonchev–Trinajstić information content (AvgIpc) is 2.45. The molecule has 1 aromatic rings. The SMILES string of the molecule is COc1ccccc1C(O)C12CC3CC(CC(C3)C1)C2. The molecule has 0 aromatic heterocycles. The van der Waals surface area contributed by atoms with Gasteiger partial charge in [-0.15, -0.1) is 0 Å². The van der Waals surface area contributed by atoms with Crippen molar-refractivity contribution in [2.75, 3.05) is 7.11 Å². The lowest BCUT2D eigenvalue weighted by molar-refractivity contribution is -0.122. The maximum Gasteiger partial charge on any atom is 0.124 e. The van der Waals surface area contributed by atoms with Crippen LogP contribution < -0.4 is 4.74 Å². The van der Waals surface area contributed by atoms with E-state index in [1.165, 1.54) is 38.5 Å². The summed E-state index contributed by atoms with van der Waals surface area (Å²) in [5, 5.41) is 11.1. The second-order valence-electron chi connectivity index (χ2n) is 7.42. The van der Waals surface area contributed by atoms with Gasteiger partial charge in [0.05, 0.1) is 13.2 Å². The second-order valence-corrected chi connectivity index (χ2v) is 7.42. The van der Waals surface area contributed by atoms with Crippen molar-refractivity contribution < 1.29 is 9.84 Å². The summed E-state index contributed by atoms with van der Waals surface area (Å²) in [6.45, 7) is 0. The number of rotatable bonds is 3. The molecule has 4 bridgehead atoms. The smallest absolute Gasteiger partial charge is 0.124 e. The summed E-state index contributed by atoms with van der Waals surface area (Å²) in [7, 11) is 1.70. The Hall–Kier alpha value is -1.02. The number of hydrogen-bond donors (Lipinski definition) is 1. The zero-order chi connectivity index (χ0) is 13.7. The molecular weight excluding hydrogens is 248 g/mol. The van der Waals surface area contributed by atoms with Gasteiger partial charge in [-0.3, -0.25) is 0 Å². The van der Waals surface area contributed by atoms with Gasteiger partial charge in [-0.05, 0) is 62.3 Å². The summed E-state index contributed by atoms with van der Waals surface area (Å²) < 4.78 is 5.47. The van der Waals surface area contributed by atoms with Crippen LogP contribution in [0.15, 0.2) is 24.3 Å². The van der Waals surface area contributed by atoms with Crippen molar-refractivity contribution in [2.24, 2.45) is 23.2 Å². The van der Waals surface area contributed by atoms with Crippen molar-refractivity contribution >= 4 is 0 Å². The van der Waals surface area contributed by atoms with Crippen molar-refractivity contribution in [2.45, 2.75) is 44.6 Å². The predicted octanol–water partition coefficient (Wildman–Crippen LogP) is 3.95. The van der Waals surface area contributed by atoms with Crippen molar-refractivity contribution in [3.05, 3.63) is 29.8 Å². The van der Waals surface area contributed by atoms with Gasteiger partial charge >= 0.3 is 0 Å². The lowest BCUT2D eigenvalue weighted by atomic mass is 9.47. The molecule has 1 atom stereocenters. The van der Waals surface area contributed by atoms with Gasteiger partial charge < -0.3 is 9.84 Å². The van der Waals surface area contributed by atoms with Crippen molar-refractivity contribution in [1.29, 1.82) is 0 Å². The number of benzene rings is 1. The van der Waals surface area contributed by atoms with Crippen LogP contribution in [0, 0.1) is 23.2 Å². The van der Waals surface area contributed by atoms with E-state index in [-0.39, 0.29) is 11.5 Å². The third-order valence-electron chi connectivity index (χ3n) is 6.10. The Morgan fingerprint density at radius 2 is 1.60 bits per heavy atom. The Balaban J connectivity index is 1.69. The van der Waals surface area contributed by atoms with Gasteiger partial charge in [0.2, 0.25) is 0 Å². The second kappa shape index (κ2) is 4.49. The maximum absolute atomic E-state index is 11.1. The van der Waals surface area contributed by atoms with E-state index in [9.17, 15) is 5.11 Å². The minimum Gasteiger partial charge on any atom is -0.496 e. The monoisotopic (exact) mass is 272 g/mol. The molecule has 4 aliphatic rings. The van der Waals surface area contributed by atoms with Crippen LogP contribution in [0.5, 0.6) is 5.75 Å². The predicted molar refractivity (Wildman–Crippen MR) is 78.6 cm³/mol. The molecule has 108 valence electrons. The first-order valence-corrected chi connectivity index (χ1v) is 8.01. The highest BCUT2D eigenvalue weighted by molar-refractivity contribution is 5.36. The molecule has 0 saturated heterocycles. The fraction of sp³-hybridized carbons (Fsp3) is 0.667. The Morgan fingerprint density at radius 1 is 1.05 bits per heavy atom. The van der Waals surface area contributed by atoms with Gasteiger partial charge in [0.25, 0.3) is 0 Å². The van der Waals surface area contributed by atoms with Crippen LogP contribution in [-0.4, -0.2) is 12.2 Å². The number of aliphatic hydroxyl groups excluding tert-OH is 1. The van der Waals surface area contributed by atoms with Crippen LogP contribution in [0.4, 0.5) is 0 Å². The number of para-hydroxylation sites is 1. The molecule has 20 heavy (non-hydrogen) atoms. The highest BCUT2D eigenvalue weighted by atomic mass is 16.5. The van der Waals surface area contributed by atoms with E-state index in [1.54, 1.807) is 7.11 Å². The average molecular weight is 272 g/mol. The number of hydrogen-bond acceptors (Lipinski definition) is 2. The number of methoxy groups -OCH3 is 1. The molecule has 2 nitrogen and oxygen atoms in total. The van der Waals surface area contributed by atoms with Crippen LogP contribution in [0.25, 0.3) is 0 Å². The lowest BCUT2D eigenvalue weighted by Crippen LogP contribution is -2.48. The summed E-state index contributed by atoms with van der Waals surface area (Å²) in [6, 6.07) is 8.01. The fourth-order valence-electron chi connectivity index (χ4n) is 5.73. The van der Waals surface area contributed by atoms with Gasteiger partial charge in [-0.2, -0.15) is 0 Å². The molecule has 0 aliphatic heterocycles. The summed E-state index contributed by atoms with van der Waals surface area (Å²) in [5.74, 6) is 3.44. The standard InChI is InChI=1S/C18H24O2/c1-20-16-5-3-2-4-15(16)17(19)18-9-12-6-13(10-18)8-14(7-12)11-18/h2-5,12-14,17,19H,6-11H2,1H3. The van der Waals surface area contributed by atoms with E-state index < -0.39 is 0 Å². The third-order valence-corrected chi connectivity index (χ3v) is 6.10. The van der Waals surface area contributed by atoms with Crippen LogP contribution in [-0.2, 0) is 0 Å². The van der Waals surface area contributed by atoms with Crippen LogP contribution in [0.1, 0.15) is 50.2 Å². The third kappa shape index (κ3) is 1.81. The Bertz CT molecular complexity index is 473. The first-order valence-electron chi connectivity index (χ1n) is 8.01. The normalized spacial score (nSPS) is 39.8. The molecule has 4 aliphatic carbocycles. The van der Waals surface area contributed by atoms with Crippen molar-refractivity contribution in [3.63, 3.8) is 0 Å². The van der Waals surface area contributed by atoms with Crippen molar-refractivity contribution in [1.82, 2.24) is 0 Å². The largest absolute Gasteiger partial charge is 0.496 e. The van der Waals surface area contributed by atoms with E-state index >= 15 is 0 Å². The Kier molecular flexibility index (Phi) is 2.85. The van der Waals surface area contributed by atoms with E-state index in [4.69, 9.17) is 4.74 Å². The molecular formula is C18H24O2. The molecule has 1 N–H and O–H groups in total. The van der Waals surface area contributed by atoms with Crippen LogP contribution >= 0.6 is 0 Å². The van der Waals surface area contributed by atoms with E-state index in [0.717, 1.165) is 29.1 Å². The quantitative estimate of drug-likeness (QED) is 0.903. The van der Waals surface area contributed by atoms with Gasteiger partial charge in [0, 0.05) is 11.0 Å². The van der Waals surface area contributed by atoms with Crippen LogP contribution in [0.3, 0.4) is 0 Å². The molecule has 0 radical (unpaired) electrons. The number of ether oxygens (including phenoxy) is 1. The molecule has 0 spiro atoms. The van der Waals surface area contributed by atoms with E-state index in [1.807, 2.05) is 24.3 Å². The summed E-state index contributed by atoms with van der Waals surface area (Å²) in [4.78, 5) is 0. The van der Waals surface area contributed by atoms with Gasteiger partial charge in [0.1, 0.15) is 5.75 Å².